The van der Waals surface area contributed by atoms with Crippen molar-refractivity contribution in [3.63, 3.8) is 0 Å². The van der Waals surface area contributed by atoms with Crippen LogP contribution in [0, 0.1) is 0 Å². The van der Waals surface area contributed by atoms with Gasteiger partial charge in [-0.3, -0.25) is 4.79 Å². The number of furan rings is 1. The van der Waals surface area contributed by atoms with E-state index in [0.29, 0.717) is 5.39 Å². The van der Waals surface area contributed by atoms with Crippen LogP contribution in [0.5, 0.6) is 17.2 Å². The van der Waals surface area contributed by atoms with E-state index in [4.69, 9.17) is 14.9 Å². The summed E-state index contributed by atoms with van der Waals surface area (Å²) in [5.74, 6) is -1.45. The standard InChI is InChI=1S/C20H20N2O8/c1-9(23)15(26)8-29-11-3-5-13-16(7-11)30-19(17(13)22-20(21)28)18(27)12-4-2-10(24)6-14(12)25/h2-7,9,15,23-26H,8H2,1H3,(H3,21,22,28). The van der Waals surface area contributed by atoms with Crippen molar-refractivity contribution in [2.45, 2.75) is 19.1 Å². The summed E-state index contributed by atoms with van der Waals surface area (Å²) in [6.45, 7) is 1.24. The lowest BCUT2D eigenvalue weighted by molar-refractivity contribution is 0.00228. The molecule has 3 rings (SSSR count). The van der Waals surface area contributed by atoms with Gasteiger partial charge in [-0.2, -0.15) is 0 Å². The van der Waals surface area contributed by atoms with Gasteiger partial charge in [0, 0.05) is 17.5 Å². The van der Waals surface area contributed by atoms with E-state index in [2.05, 4.69) is 5.32 Å². The lowest BCUT2D eigenvalue weighted by Gasteiger charge is -2.14. The lowest BCUT2D eigenvalue weighted by Crippen LogP contribution is -2.29. The van der Waals surface area contributed by atoms with Crippen LogP contribution in [0.4, 0.5) is 10.5 Å². The summed E-state index contributed by atoms with van der Waals surface area (Å²) >= 11 is 0. The number of hydrogen-bond donors (Lipinski definition) is 6. The third-order valence-electron chi connectivity index (χ3n) is 4.32. The molecule has 7 N–H and O–H groups in total. The fourth-order valence-electron chi connectivity index (χ4n) is 2.73. The van der Waals surface area contributed by atoms with Crippen LogP contribution in [0.1, 0.15) is 23.0 Å². The van der Waals surface area contributed by atoms with Crippen molar-refractivity contribution in [2.75, 3.05) is 11.9 Å². The Morgan fingerprint density at radius 3 is 2.53 bits per heavy atom. The number of aliphatic hydroxyl groups excluding tert-OH is 2. The molecule has 0 aliphatic carbocycles. The van der Waals surface area contributed by atoms with Gasteiger partial charge >= 0.3 is 6.03 Å². The van der Waals surface area contributed by atoms with Crippen molar-refractivity contribution in [3.05, 3.63) is 47.7 Å². The summed E-state index contributed by atoms with van der Waals surface area (Å²) in [7, 11) is 0. The van der Waals surface area contributed by atoms with Crippen LogP contribution >= 0.6 is 0 Å². The lowest BCUT2D eigenvalue weighted by atomic mass is 10.1. The Kier molecular flexibility index (Phi) is 5.81. The van der Waals surface area contributed by atoms with Crippen LogP contribution < -0.4 is 15.8 Å². The number of rotatable bonds is 7. The molecule has 158 valence electrons. The Hall–Kier alpha value is -3.76. The molecule has 3 aromatic rings. The average molecular weight is 416 g/mol. The largest absolute Gasteiger partial charge is 0.508 e. The summed E-state index contributed by atoms with van der Waals surface area (Å²) in [6, 6.07) is 6.96. The van der Waals surface area contributed by atoms with E-state index in [-0.39, 0.29) is 40.7 Å². The predicted octanol–water partition coefficient (Wildman–Crippen LogP) is 1.69. The molecule has 0 saturated heterocycles. The van der Waals surface area contributed by atoms with Crippen LogP contribution in [0.3, 0.4) is 0 Å². The maximum atomic E-state index is 12.9. The van der Waals surface area contributed by atoms with Crippen molar-refractivity contribution in [1.29, 1.82) is 0 Å². The number of anilines is 1. The van der Waals surface area contributed by atoms with Crippen LogP contribution in [-0.2, 0) is 0 Å². The number of phenols is 2. The second-order valence-corrected chi connectivity index (χ2v) is 6.60. The Morgan fingerprint density at radius 1 is 1.17 bits per heavy atom. The first-order valence-electron chi connectivity index (χ1n) is 8.86. The number of primary amides is 1. The monoisotopic (exact) mass is 416 g/mol. The minimum atomic E-state index is -1.10. The molecule has 1 aromatic heterocycles. The number of aromatic hydroxyl groups is 2. The Balaban J connectivity index is 2.02. The van der Waals surface area contributed by atoms with Crippen LogP contribution in [0.2, 0.25) is 0 Å². The quantitative estimate of drug-likeness (QED) is 0.315. The number of fused-ring (bicyclic) bond motifs is 1. The number of aliphatic hydroxyl groups is 2. The second-order valence-electron chi connectivity index (χ2n) is 6.60. The third kappa shape index (κ3) is 4.29. The molecule has 0 aliphatic rings. The molecule has 0 bridgehead atoms. The van der Waals surface area contributed by atoms with Crippen molar-refractivity contribution in [1.82, 2.24) is 0 Å². The third-order valence-corrected chi connectivity index (χ3v) is 4.32. The first-order chi connectivity index (χ1) is 14.2. The molecule has 10 heteroatoms. The van der Waals surface area contributed by atoms with E-state index in [1.807, 2.05) is 0 Å². The van der Waals surface area contributed by atoms with Gasteiger partial charge in [-0.1, -0.05) is 0 Å². The topological polar surface area (TPSA) is 175 Å². The maximum absolute atomic E-state index is 12.9. The zero-order valence-electron chi connectivity index (χ0n) is 15.8. The second kappa shape index (κ2) is 8.31. The summed E-state index contributed by atoms with van der Waals surface area (Å²) < 4.78 is 11.0. The smallest absolute Gasteiger partial charge is 0.316 e. The predicted molar refractivity (Wildman–Crippen MR) is 106 cm³/mol. The first-order valence-corrected chi connectivity index (χ1v) is 8.86. The van der Waals surface area contributed by atoms with Gasteiger partial charge in [0.1, 0.15) is 41.2 Å². The van der Waals surface area contributed by atoms with Gasteiger partial charge in [-0.05, 0) is 31.2 Å². The highest BCUT2D eigenvalue weighted by molar-refractivity contribution is 6.18. The molecule has 10 nitrogen and oxygen atoms in total. The summed E-state index contributed by atoms with van der Waals surface area (Å²) in [6.07, 6.45) is -2.08. The van der Waals surface area contributed by atoms with E-state index >= 15 is 0 Å². The van der Waals surface area contributed by atoms with Gasteiger partial charge in [-0.25, -0.2) is 4.79 Å². The van der Waals surface area contributed by atoms with E-state index in [9.17, 15) is 30.0 Å². The molecule has 0 radical (unpaired) electrons. The number of urea groups is 1. The molecule has 1 heterocycles. The minimum absolute atomic E-state index is 0.00513. The fraction of sp³-hybridized carbons (Fsp3) is 0.200. The highest BCUT2D eigenvalue weighted by Gasteiger charge is 2.25. The summed E-state index contributed by atoms with van der Waals surface area (Å²) in [5.41, 5.74) is 5.23. The average Bonchev–Trinajstić information content (AvgIpc) is 3.02. The maximum Gasteiger partial charge on any atom is 0.316 e. The highest BCUT2D eigenvalue weighted by atomic mass is 16.5. The Bertz CT molecular complexity index is 1110. The Labute approximate surface area is 170 Å². The van der Waals surface area contributed by atoms with Crippen LogP contribution in [-0.4, -0.2) is 51.1 Å². The van der Waals surface area contributed by atoms with Gasteiger partial charge in [0.2, 0.25) is 5.78 Å². The molecule has 0 saturated carbocycles. The zero-order chi connectivity index (χ0) is 22.0. The summed E-state index contributed by atoms with van der Waals surface area (Å²) in [5, 5.41) is 41.1. The van der Waals surface area contributed by atoms with Gasteiger partial charge < -0.3 is 40.6 Å². The molecular formula is C20H20N2O8. The van der Waals surface area contributed by atoms with Gasteiger partial charge in [0.25, 0.3) is 0 Å². The number of nitrogens with two attached hydrogens (primary N) is 1. The Morgan fingerprint density at radius 2 is 1.90 bits per heavy atom. The zero-order valence-corrected chi connectivity index (χ0v) is 15.8. The molecular weight excluding hydrogens is 396 g/mol. The molecule has 0 aliphatic heterocycles. The fourth-order valence-corrected chi connectivity index (χ4v) is 2.73. The molecule has 2 amide bonds. The summed E-state index contributed by atoms with van der Waals surface area (Å²) in [4.78, 5) is 24.3. The van der Waals surface area contributed by atoms with Gasteiger partial charge in [-0.15, -0.1) is 0 Å². The van der Waals surface area contributed by atoms with E-state index in [1.165, 1.54) is 37.3 Å². The number of hydrogen-bond acceptors (Lipinski definition) is 8. The number of ether oxygens (including phenoxy) is 1. The van der Waals surface area contributed by atoms with Crippen molar-refractivity contribution < 1.29 is 39.2 Å². The molecule has 30 heavy (non-hydrogen) atoms. The highest BCUT2D eigenvalue weighted by Crippen LogP contribution is 2.36. The van der Waals surface area contributed by atoms with Crippen molar-refractivity contribution >= 4 is 28.5 Å². The van der Waals surface area contributed by atoms with Gasteiger partial charge in [0.05, 0.1) is 11.7 Å². The van der Waals surface area contributed by atoms with Gasteiger partial charge in [0.15, 0.2) is 5.76 Å². The van der Waals surface area contributed by atoms with Crippen LogP contribution in [0.15, 0.2) is 40.8 Å². The minimum Gasteiger partial charge on any atom is -0.508 e. The molecule has 2 aromatic carbocycles. The van der Waals surface area contributed by atoms with E-state index < -0.39 is 29.8 Å². The van der Waals surface area contributed by atoms with Crippen LogP contribution in [0.25, 0.3) is 11.0 Å². The van der Waals surface area contributed by atoms with E-state index in [1.54, 1.807) is 0 Å². The molecule has 2 unspecified atom stereocenters. The normalized spacial score (nSPS) is 13.0. The molecule has 0 fully saturated rings. The number of phenolic OH excluding ortho intramolecular Hbond substituents is 2. The van der Waals surface area contributed by atoms with E-state index in [0.717, 1.165) is 6.07 Å². The van der Waals surface area contributed by atoms with Crippen molar-refractivity contribution in [3.8, 4) is 17.2 Å². The molecule has 0 spiro atoms. The van der Waals surface area contributed by atoms with Crippen molar-refractivity contribution in [2.24, 2.45) is 5.73 Å². The SMILES string of the molecule is CC(O)C(O)COc1ccc2c(NC(N)=O)c(C(=O)c3ccc(O)cc3O)oc2c1. The number of ketones is 1. The first kappa shape index (κ1) is 21.0. The number of carbonyl (C=O) groups excluding carboxylic acids is 2. The number of carbonyl (C=O) groups is 2. The number of nitrogens with one attached hydrogen (secondary N) is 1. The molecule has 2 atom stereocenters. The number of benzene rings is 2. The number of amides is 2.